The van der Waals surface area contributed by atoms with Crippen molar-refractivity contribution >= 4 is 13.7 Å². The van der Waals surface area contributed by atoms with Gasteiger partial charge in [0.25, 0.3) is 0 Å². The number of nitrogens with zero attached hydrogens (tertiary/aromatic N) is 1. The van der Waals surface area contributed by atoms with Gasteiger partial charge in [-0.3, -0.25) is 13.8 Å². The van der Waals surface area contributed by atoms with E-state index in [0.717, 1.165) is 103 Å². The van der Waals surface area contributed by atoms with Crippen molar-refractivity contribution in [3.8, 4) is 0 Å². The number of hydrogen-bond acceptors (Lipinski definition) is 5. The Morgan fingerprint density at radius 3 is 1.07 bits per heavy atom. The van der Waals surface area contributed by atoms with Crippen LogP contribution in [0.25, 0.3) is 0 Å². The molecule has 0 aliphatic heterocycles. The van der Waals surface area contributed by atoms with E-state index in [9.17, 15) is 19.4 Å². The number of quaternary nitrogens is 1. The second-order valence-corrected chi connectivity index (χ2v) is 25.3. The van der Waals surface area contributed by atoms with Gasteiger partial charge in [-0.15, -0.1) is 0 Å². The molecule has 0 aliphatic carbocycles. The van der Waals surface area contributed by atoms with Gasteiger partial charge < -0.3 is 19.8 Å². The average Bonchev–Trinajstić information content (AvgIpc) is 3.47. The molecule has 0 aromatic carbocycles. The zero-order chi connectivity index (χ0) is 59.8. The first kappa shape index (κ1) is 78.9. The first-order valence-corrected chi connectivity index (χ1v) is 35.4. The number of nitrogens with one attached hydrogen (secondary N) is 1. The Morgan fingerprint density at radius 1 is 0.427 bits per heavy atom. The Bertz CT molecular complexity index is 1750. The molecule has 3 unspecified atom stereocenters. The van der Waals surface area contributed by atoms with Gasteiger partial charge in [0.2, 0.25) is 5.91 Å². The lowest BCUT2D eigenvalue weighted by molar-refractivity contribution is -0.870. The van der Waals surface area contributed by atoms with Crippen LogP contribution in [0.15, 0.2) is 122 Å². The minimum Gasteiger partial charge on any atom is -0.387 e. The Hall–Kier alpha value is -3.10. The van der Waals surface area contributed by atoms with Crippen molar-refractivity contribution in [2.24, 2.45) is 0 Å². The SMILES string of the molecule is CC/C=C\C/C=C\C/C=C\C/C=C\C/C=C\C/C=C\C/C=C\C/C=C\C/C=C\CCCCCC(=O)NC(COP(=O)(O)OCC[N+](C)(C)C)C(O)/C=C/CCCCCCCCCCCCCCCCCCCCCCCCCCCCC. The Morgan fingerprint density at radius 2 is 0.732 bits per heavy atom. The van der Waals surface area contributed by atoms with E-state index < -0.39 is 20.0 Å². The Labute approximate surface area is 507 Å². The molecule has 472 valence electrons. The fourth-order valence-corrected chi connectivity index (χ4v) is 10.2. The summed E-state index contributed by atoms with van der Waals surface area (Å²) in [6.45, 7) is 4.69. The Kier molecular flexibility index (Phi) is 60.1. The molecule has 3 atom stereocenters. The number of rotatable bonds is 61. The molecule has 0 saturated heterocycles. The minimum absolute atomic E-state index is 0.0484. The number of aliphatic hydroxyl groups is 1. The fourth-order valence-electron chi connectivity index (χ4n) is 9.45. The highest BCUT2D eigenvalue weighted by Gasteiger charge is 2.28. The summed E-state index contributed by atoms with van der Waals surface area (Å²) in [6, 6.07) is -0.876. The second-order valence-electron chi connectivity index (χ2n) is 23.8. The number of aliphatic hydroxyl groups excluding tert-OH is 1. The standard InChI is InChI=1S/C73H129N2O6P/c1-6-8-10-12-14-16-18-20-22-24-26-28-30-32-34-36-37-39-41-43-45-47-49-51-53-55-57-59-61-63-65-67-73(77)74-71(70-81-82(78,79)80-69-68-75(3,4)5)72(76)66-64-62-60-58-56-54-52-50-48-46-44-42-40-38-35-33-31-29-27-25-23-21-19-17-15-13-11-9-7-2/h8,10,14,16,20,22,26,28,32,34,37,39,43,45,49,51,55,57,64,66,71-72,76H,6-7,9,11-13,15,17-19,21,23-25,27,29-31,33,35-36,38,40-42,44,46-48,50,52-54,56,58-63,65,67-70H2,1-5H3,(H-,74,77,78,79)/p+1/b10-8-,16-14-,22-20-,28-26-,34-32-,39-37-,45-43-,51-49-,57-55-,66-64+. The van der Waals surface area contributed by atoms with Crippen molar-refractivity contribution in [3.05, 3.63) is 122 Å². The molecule has 9 heteroatoms. The predicted molar refractivity (Wildman–Crippen MR) is 359 cm³/mol. The van der Waals surface area contributed by atoms with Crippen molar-refractivity contribution in [1.82, 2.24) is 5.32 Å². The number of carbonyl (C=O) groups is 1. The van der Waals surface area contributed by atoms with Crippen LogP contribution in [-0.4, -0.2) is 73.4 Å². The second kappa shape index (κ2) is 62.4. The van der Waals surface area contributed by atoms with Crippen molar-refractivity contribution in [2.45, 2.75) is 296 Å². The van der Waals surface area contributed by atoms with E-state index in [2.05, 4.69) is 129 Å². The van der Waals surface area contributed by atoms with E-state index in [4.69, 9.17) is 9.05 Å². The summed E-state index contributed by atoms with van der Waals surface area (Å²) in [4.78, 5) is 23.4. The zero-order valence-electron chi connectivity index (χ0n) is 53.9. The Balaban J connectivity index is 4.23. The maximum absolute atomic E-state index is 13.0. The van der Waals surface area contributed by atoms with Crippen molar-refractivity contribution in [1.29, 1.82) is 0 Å². The van der Waals surface area contributed by atoms with E-state index in [1.807, 2.05) is 27.2 Å². The molecule has 3 N–H and O–H groups in total. The van der Waals surface area contributed by atoms with Crippen LogP contribution in [0.2, 0.25) is 0 Å². The molecule has 8 nitrogen and oxygen atoms in total. The van der Waals surface area contributed by atoms with Gasteiger partial charge in [-0.25, -0.2) is 4.57 Å². The summed E-state index contributed by atoms with van der Waals surface area (Å²) >= 11 is 0. The van der Waals surface area contributed by atoms with Crippen LogP contribution in [0.1, 0.15) is 284 Å². The van der Waals surface area contributed by atoms with Crippen LogP contribution in [0.3, 0.4) is 0 Å². The van der Waals surface area contributed by atoms with Crippen LogP contribution < -0.4 is 5.32 Å². The largest absolute Gasteiger partial charge is 0.472 e. The smallest absolute Gasteiger partial charge is 0.387 e. The quantitative estimate of drug-likeness (QED) is 0.0243. The van der Waals surface area contributed by atoms with Gasteiger partial charge in [-0.1, -0.05) is 309 Å². The third-order valence-electron chi connectivity index (χ3n) is 14.7. The number of phosphoric ester groups is 1. The van der Waals surface area contributed by atoms with Gasteiger partial charge in [0, 0.05) is 6.42 Å². The molecule has 0 saturated carbocycles. The van der Waals surface area contributed by atoms with E-state index in [1.54, 1.807) is 6.08 Å². The third kappa shape index (κ3) is 64.5. The molecular weight excluding hydrogens is 1030 g/mol. The summed E-state index contributed by atoms with van der Waals surface area (Å²) in [5.74, 6) is -0.211. The van der Waals surface area contributed by atoms with Crippen LogP contribution >= 0.6 is 7.82 Å². The van der Waals surface area contributed by atoms with E-state index in [0.29, 0.717) is 17.4 Å². The summed E-state index contributed by atoms with van der Waals surface area (Å²) in [5, 5.41) is 14.0. The normalized spacial score (nSPS) is 14.5. The number of likely N-dealkylation sites (N-methyl/N-ethyl adjacent to an activating group) is 1. The number of amides is 1. The fraction of sp³-hybridized carbons (Fsp3) is 0.712. The number of unbranched alkanes of at least 4 members (excludes halogenated alkanes) is 30. The van der Waals surface area contributed by atoms with Crippen LogP contribution in [0.4, 0.5) is 0 Å². The van der Waals surface area contributed by atoms with Gasteiger partial charge in [0.1, 0.15) is 13.2 Å². The van der Waals surface area contributed by atoms with Crippen LogP contribution in [-0.2, 0) is 18.4 Å². The predicted octanol–water partition coefficient (Wildman–Crippen LogP) is 21.7. The molecular formula is C73H130N2O6P+. The van der Waals surface area contributed by atoms with Crippen molar-refractivity contribution in [3.63, 3.8) is 0 Å². The van der Waals surface area contributed by atoms with Crippen molar-refractivity contribution < 1.29 is 32.9 Å². The van der Waals surface area contributed by atoms with Crippen LogP contribution in [0.5, 0.6) is 0 Å². The topological polar surface area (TPSA) is 105 Å². The highest BCUT2D eigenvalue weighted by Crippen LogP contribution is 2.43. The lowest BCUT2D eigenvalue weighted by atomic mass is 10.0. The summed E-state index contributed by atoms with van der Waals surface area (Å²) in [5.41, 5.74) is 0. The van der Waals surface area contributed by atoms with Crippen LogP contribution in [0, 0.1) is 0 Å². The molecule has 0 radical (unpaired) electrons. The van der Waals surface area contributed by atoms with Crippen molar-refractivity contribution in [2.75, 3.05) is 40.9 Å². The number of phosphoric acid groups is 1. The minimum atomic E-state index is -4.37. The molecule has 0 heterocycles. The number of hydrogen-bond donors (Lipinski definition) is 3. The first-order valence-electron chi connectivity index (χ1n) is 33.9. The summed E-state index contributed by atoms with van der Waals surface area (Å²) < 4.78 is 23.8. The molecule has 0 aromatic rings. The molecule has 0 spiro atoms. The number of carbonyl (C=O) groups excluding carboxylic acids is 1. The van der Waals surface area contributed by atoms with E-state index >= 15 is 0 Å². The molecule has 0 aliphatic rings. The number of allylic oxidation sites excluding steroid dienone is 19. The monoisotopic (exact) mass is 1160 g/mol. The molecule has 0 rings (SSSR count). The maximum Gasteiger partial charge on any atom is 0.472 e. The van der Waals surface area contributed by atoms with Gasteiger partial charge in [0.05, 0.1) is 39.9 Å². The average molecular weight is 1160 g/mol. The molecule has 0 fully saturated rings. The molecule has 0 aromatic heterocycles. The maximum atomic E-state index is 13.0. The zero-order valence-corrected chi connectivity index (χ0v) is 54.8. The summed E-state index contributed by atoms with van der Waals surface area (Å²) in [6.07, 6.45) is 93.3. The lowest BCUT2D eigenvalue weighted by Crippen LogP contribution is -2.45. The first-order chi connectivity index (χ1) is 40.0. The third-order valence-corrected chi connectivity index (χ3v) is 15.7. The summed E-state index contributed by atoms with van der Waals surface area (Å²) in [7, 11) is 1.54. The highest BCUT2D eigenvalue weighted by atomic mass is 31.2. The molecule has 0 bridgehead atoms. The molecule has 1 amide bonds. The molecule has 82 heavy (non-hydrogen) atoms. The lowest BCUT2D eigenvalue weighted by Gasteiger charge is -2.25. The van der Waals surface area contributed by atoms with Gasteiger partial charge >= 0.3 is 7.82 Å². The highest BCUT2D eigenvalue weighted by molar-refractivity contribution is 7.47. The van der Waals surface area contributed by atoms with Gasteiger partial charge in [-0.2, -0.15) is 0 Å². The van der Waals surface area contributed by atoms with Gasteiger partial charge in [0.15, 0.2) is 0 Å². The van der Waals surface area contributed by atoms with Gasteiger partial charge in [-0.05, 0) is 89.9 Å². The van der Waals surface area contributed by atoms with E-state index in [1.165, 1.54) is 161 Å². The van der Waals surface area contributed by atoms with E-state index in [-0.39, 0.29) is 19.1 Å².